The number of H-pyrrole nitrogens is 1. The van der Waals surface area contributed by atoms with Crippen LogP contribution in [-0.4, -0.2) is 27.9 Å². The number of hydrogen-bond acceptors (Lipinski definition) is 4. The molecule has 0 aliphatic rings. The van der Waals surface area contributed by atoms with Crippen molar-refractivity contribution in [1.29, 1.82) is 0 Å². The van der Waals surface area contributed by atoms with Crippen molar-refractivity contribution in [2.75, 3.05) is 11.9 Å². The van der Waals surface area contributed by atoms with Crippen LogP contribution in [0.1, 0.15) is 17.3 Å². The van der Waals surface area contributed by atoms with E-state index in [0.29, 0.717) is 0 Å². The molecule has 0 aliphatic carbocycles. The van der Waals surface area contributed by atoms with Crippen LogP contribution < -0.4 is 21.9 Å². The molecule has 0 atom stereocenters. The second kappa shape index (κ2) is 8.05. The number of aromatic nitrogens is 2. The molecular weight excluding hydrogens is 386 g/mol. The summed E-state index contributed by atoms with van der Waals surface area (Å²) < 4.78 is 27.1. The fourth-order valence-corrected chi connectivity index (χ4v) is 2.72. The first kappa shape index (κ1) is 19.9. The van der Waals surface area contributed by atoms with E-state index in [1.165, 1.54) is 24.3 Å². The minimum atomic E-state index is -1.11. The number of halogens is 2. The molecule has 8 nitrogen and oxygen atoms in total. The molecular formula is C19H16F2N4O4. The zero-order valence-electron chi connectivity index (χ0n) is 15.2. The SMILES string of the molecule is CCn1c(=O)[nH]c2cc(C(=O)NCC(=O)Nc3ccc(F)c(F)c3)ccc2c1=O. The van der Waals surface area contributed by atoms with Crippen LogP contribution in [0.15, 0.2) is 46.0 Å². The van der Waals surface area contributed by atoms with E-state index in [9.17, 15) is 28.0 Å². The highest BCUT2D eigenvalue weighted by atomic mass is 19.2. The van der Waals surface area contributed by atoms with Crippen molar-refractivity contribution in [3.8, 4) is 0 Å². The Morgan fingerprint density at radius 1 is 1.07 bits per heavy atom. The van der Waals surface area contributed by atoms with E-state index in [1.54, 1.807) is 6.92 Å². The standard InChI is InChI=1S/C19H16F2N4O4/c1-2-25-18(28)12-5-3-10(7-15(12)24-19(25)29)17(27)22-9-16(26)23-11-4-6-13(20)14(21)8-11/h3-8H,2,9H2,1H3,(H,22,27)(H,23,26)(H,24,29). The van der Waals surface area contributed by atoms with Gasteiger partial charge in [-0.3, -0.25) is 19.0 Å². The van der Waals surface area contributed by atoms with Crippen molar-refractivity contribution >= 4 is 28.4 Å². The molecule has 0 aliphatic heterocycles. The number of anilines is 1. The Bertz CT molecular complexity index is 1230. The number of hydrogen-bond donors (Lipinski definition) is 3. The van der Waals surface area contributed by atoms with Crippen LogP contribution >= 0.6 is 0 Å². The molecule has 0 radical (unpaired) electrons. The van der Waals surface area contributed by atoms with Gasteiger partial charge in [0.25, 0.3) is 11.5 Å². The average molecular weight is 402 g/mol. The molecule has 1 heterocycles. The molecule has 3 aromatic rings. The minimum absolute atomic E-state index is 0.0404. The van der Waals surface area contributed by atoms with Crippen molar-refractivity contribution in [2.45, 2.75) is 13.5 Å². The molecule has 0 spiro atoms. The topological polar surface area (TPSA) is 113 Å². The lowest BCUT2D eigenvalue weighted by molar-refractivity contribution is -0.115. The molecule has 0 unspecified atom stereocenters. The van der Waals surface area contributed by atoms with E-state index in [2.05, 4.69) is 15.6 Å². The lowest BCUT2D eigenvalue weighted by Crippen LogP contribution is -2.35. The van der Waals surface area contributed by atoms with Crippen LogP contribution in [0.4, 0.5) is 14.5 Å². The van der Waals surface area contributed by atoms with Gasteiger partial charge in [0.1, 0.15) is 0 Å². The predicted octanol–water partition coefficient (Wildman–Crippen LogP) is 1.36. The van der Waals surface area contributed by atoms with Gasteiger partial charge in [-0.25, -0.2) is 13.6 Å². The number of carbonyl (C=O) groups excluding carboxylic acids is 2. The summed E-state index contributed by atoms with van der Waals surface area (Å²) in [5.74, 6) is -3.42. The number of fused-ring (bicyclic) bond motifs is 1. The van der Waals surface area contributed by atoms with Gasteiger partial charge < -0.3 is 15.6 Å². The summed E-state index contributed by atoms with van der Waals surface area (Å²) in [5, 5.41) is 4.94. The van der Waals surface area contributed by atoms with Gasteiger partial charge in [-0.15, -0.1) is 0 Å². The Balaban J connectivity index is 1.71. The fraction of sp³-hybridized carbons (Fsp3) is 0.158. The van der Waals surface area contributed by atoms with Crippen molar-refractivity contribution in [2.24, 2.45) is 0 Å². The molecule has 150 valence electrons. The van der Waals surface area contributed by atoms with Crippen LogP contribution in [0.25, 0.3) is 10.9 Å². The molecule has 10 heteroatoms. The van der Waals surface area contributed by atoms with Gasteiger partial charge >= 0.3 is 5.69 Å². The third-order valence-corrected chi connectivity index (χ3v) is 4.17. The Morgan fingerprint density at radius 2 is 1.83 bits per heavy atom. The van der Waals surface area contributed by atoms with Crippen LogP contribution in [0.5, 0.6) is 0 Å². The smallest absolute Gasteiger partial charge is 0.328 e. The Labute approximate surface area is 162 Å². The molecule has 3 N–H and O–H groups in total. The number of benzene rings is 2. The summed E-state index contributed by atoms with van der Waals surface area (Å²) in [7, 11) is 0. The van der Waals surface area contributed by atoms with Crippen LogP contribution in [0.3, 0.4) is 0 Å². The Morgan fingerprint density at radius 3 is 2.52 bits per heavy atom. The normalized spacial score (nSPS) is 10.7. The van der Waals surface area contributed by atoms with Crippen molar-refractivity contribution < 1.29 is 18.4 Å². The minimum Gasteiger partial charge on any atom is -0.343 e. The number of amides is 2. The molecule has 2 aromatic carbocycles. The maximum atomic E-state index is 13.2. The van der Waals surface area contributed by atoms with Gasteiger partial charge in [0.05, 0.1) is 17.4 Å². The van der Waals surface area contributed by atoms with Crippen LogP contribution in [0, 0.1) is 11.6 Å². The highest BCUT2D eigenvalue weighted by Crippen LogP contribution is 2.13. The first-order valence-electron chi connectivity index (χ1n) is 8.60. The largest absolute Gasteiger partial charge is 0.343 e. The lowest BCUT2D eigenvalue weighted by atomic mass is 10.1. The van der Waals surface area contributed by atoms with E-state index < -0.39 is 41.2 Å². The zero-order chi connectivity index (χ0) is 21.1. The van der Waals surface area contributed by atoms with Gasteiger partial charge in [0.15, 0.2) is 11.6 Å². The second-order valence-electron chi connectivity index (χ2n) is 6.10. The van der Waals surface area contributed by atoms with Gasteiger partial charge in [-0.05, 0) is 37.3 Å². The number of aromatic amines is 1. The van der Waals surface area contributed by atoms with Gasteiger partial charge in [-0.2, -0.15) is 0 Å². The van der Waals surface area contributed by atoms with Crippen LogP contribution in [0.2, 0.25) is 0 Å². The quantitative estimate of drug-likeness (QED) is 0.598. The Kier molecular flexibility index (Phi) is 5.53. The average Bonchev–Trinajstić information content (AvgIpc) is 2.69. The summed E-state index contributed by atoms with van der Waals surface area (Å²) in [5.41, 5.74) is -0.692. The molecule has 2 amide bonds. The summed E-state index contributed by atoms with van der Waals surface area (Å²) in [6.07, 6.45) is 0. The van der Waals surface area contributed by atoms with E-state index in [-0.39, 0.29) is 28.7 Å². The van der Waals surface area contributed by atoms with Gasteiger partial charge in [-0.1, -0.05) is 0 Å². The van der Waals surface area contributed by atoms with Crippen molar-refractivity contribution in [3.05, 3.63) is 74.4 Å². The molecule has 3 rings (SSSR count). The fourth-order valence-electron chi connectivity index (χ4n) is 2.72. The number of nitrogens with zero attached hydrogens (tertiary/aromatic N) is 1. The monoisotopic (exact) mass is 402 g/mol. The summed E-state index contributed by atoms with van der Waals surface area (Å²) >= 11 is 0. The maximum Gasteiger partial charge on any atom is 0.328 e. The Hall–Kier alpha value is -3.82. The maximum absolute atomic E-state index is 13.2. The molecule has 0 saturated carbocycles. The first-order chi connectivity index (χ1) is 13.8. The molecule has 0 bridgehead atoms. The second-order valence-corrected chi connectivity index (χ2v) is 6.10. The number of rotatable bonds is 5. The third-order valence-electron chi connectivity index (χ3n) is 4.17. The number of nitrogens with one attached hydrogen (secondary N) is 3. The lowest BCUT2D eigenvalue weighted by Gasteiger charge is -2.08. The third kappa shape index (κ3) is 4.21. The van der Waals surface area contributed by atoms with Crippen molar-refractivity contribution in [3.63, 3.8) is 0 Å². The first-order valence-corrected chi connectivity index (χ1v) is 8.60. The highest BCUT2D eigenvalue weighted by Gasteiger charge is 2.12. The molecule has 1 aromatic heterocycles. The summed E-state index contributed by atoms with van der Waals surface area (Å²) in [4.78, 5) is 50.8. The zero-order valence-corrected chi connectivity index (χ0v) is 15.2. The van der Waals surface area contributed by atoms with E-state index >= 15 is 0 Å². The van der Waals surface area contributed by atoms with Gasteiger partial charge in [0.2, 0.25) is 5.91 Å². The van der Waals surface area contributed by atoms with Gasteiger partial charge in [0, 0.05) is 23.9 Å². The predicted molar refractivity (Wildman–Crippen MR) is 102 cm³/mol. The molecule has 29 heavy (non-hydrogen) atoms. The summed E-state index contributed by atoms with van der Waals surface area (Å²) in [6.45, 7) is 1.44. The van der Waals surface area contributed by atoms with Crippen molar-refractivity contribution in [1.82, 2.24) is 14.9 Å². The summed E-state index contributed by atoms with van der Waals surface area (Å²) in [6, 6.07) is 7.01. The molecule has 0 saturated heterocycles. The van der Waals surface area contributed by atoms with E-state index in [4.69, 9.17) is 0 Å². The van der Waals surface area contributed by atoms with Crippen LogP contribution in [-0.2, 0) is 11.3 Å². The molecule has 0 fully saturated rings. The highest BCUT2D eigenvalue weighted by molar-refractivity contribution is 6.01. The number of carbonyl (C=O) groups is 2. The van der Waals surface area contributed by atoms with E-state index in [1.807, 2.05) is 0 Å². The van der Waals surface area contributed by atoms with E-state index in [0.717, 1.165) is 16.7 Å².